The van der Waals surface area contributed by atoms with Crippen LogP contribution < -0.4 is 10.1 Å². The van der Waals surface area contributed by atoms with Crippen LogP contribution in [0.2, 0.25) is 0 Å². The van der Waals surface area contributed by atoms with Crippen LogP contribution in [0.15, 0.2) is 46.8 Å². The van der Waals surface area contributed by atoms with Crippen LogP contribution >= 0.6 is 0 Å². The highest BCUT2D eigenvalue weighted by atomic mass is 16.5. The van der Waals surface area contributed by atoms with E-state index in [0.29, 0.717) is 23.3 Å². The topological polar surface area (TPSA) is 64.6 Å². The number of carbonyl (C=O) groups is 2. The summed E-state index contributed by atoms with van der Waals surface area (Å²) in [7, 11) is 1.60. The lowest BCUT2D eigenvalue weighted by atomic mass is 9.75. The highest BCUT2D eigenvalue weighted by Gasteiger charge is 2.39. The molecule has 1 aliphatic heterocycles. The van der Waals surface area contributed by atoms with Gasteiger partial charge in [-0.05, 0) is 51.3 Å². The average Bonchev–Trinajstić information content (AvgIpc) is 2.60. The number of rotatable bonds is 4. The van der Waals surface area contributed by atoms with Crippen molar-refractivity contribution in [3.63, 3.8) is 0 Å². The monoisotopic (exact) mass is 355 g/mol. The molecule has 1 heterocycles. The number of carbonyl (C=O) groups excluding carboxylic acids is 2. The first kappa shape index (κ1) is 18.2. The highest BCUT2D eigenvalue weighted by Crippen LogP contribution is 2.43. The van der Waals surface area contributed by atoms with E-state index in [9.17, 15) is 9.59 Å². The van der Waals surface area contributed by atoms with Crippen LogP contribution in [0.25, 0.3) is 0 Å². The maximum absolute atomic E-state index is 12.9. The first-order valence-corrected chi connectivity index (χ1v) is 9.01. The Morgan fingerprint density at radius 1 is 1.27 bits per heavy atom. The highest BCUT2D eigenvalue weighted by molar-refractivity contribution is 6.03. The molecule has 0 unspecified atom stereocenters. The summed E-state index contributed by atoms with van der Waals surface area (Å²) in [5.41, 5.74) is 3.72. The summed E-state index contributed by atoms with van der Waals surface area (Å²) in [6.45, 7) is 5.51. The van der Waals surface area contributed by atoms with Crippen molar-refractivity contribution in [2.75, 3.05) is 7.11 Å². The van der Waals surface area contributed by atoms with E-state index in [-0.39, 0.29) is 17.9 Å². The van der Waals surface area contributed by atoms with Crippen molar-refractivity contribution in [3.05, 3.63) is 52.4 Å². The van der Waals surface area contributed by atoms with Gasteiger partial charge in [-0.1, -0.05) is 12.1 Å². The lowest BCUT2D eigenvalue weighted by Gasteiger charge is -2.34. The van der Waals surface area contributed by atoms with E-state index in [0.717, 1.165) is 29.8 Å². The minimum absolute atomic E-state index is 0.0916. The fourth-order valence-electron chi connectivity index (χ4n) is 3.69. The van der Waals surface area contributed by atoms with Crippen molar-refractivity contribution in [2.45, 2.75) is 52.1 Å². The zero-order valence-corrected chi connectivity index (χ0v) is 15.7. The molecule has 1 aliphatic carbocycles. The van der Waals surface area contributed by atoms with Crippen LogP contribution in [-0.2, 0) is 14.3 Å². The predicted octanol–water partition coefficient (Wildman–Crippen LogP) is 3.61. The molecule has 3 rings (SSSR count). The van der Waals surface area contributed by atoms with Gasteiger partial charge in [-0.15, -0.1) is 0 Å². The molecule has 0 spiro atoms. The van der Waals surface area contributed by atoms with Crippen LogP contribution in [0.1, 0.15) is 51.5 Å². The molecule has 0 aromatic heterocycles. The van der Waals surface area contributed by atoms with Gasteiger partial charge >= 0.3 is 5.97 Å². The predicted molar refractivity (Wildman–Crippen MR) is 98.7 cm³/mol. The van der Waals surface area contributed by atoms with E-state index in [1.807, 2.05) is 45.0 Å². The summed E-state index contributed by atoms with van der Waals surface area (Å²) in [6.07, 6.45) is 1.91. The summed E-state index contributed by atoms with van der Waals surface area (Å²) in [4.78, 5) is 25.6. The van der Waals surface area contributed by atoms with Gasteiger partial charge in [0.05, 0.1) is 18.8 Å². The molecular weight excluding hydrogens is 330 g/mol. The van der Waals surface area contributed by atoms with E-state index < -0.39 is 5.92 Å². The lowest BCUT2D eigenvalue weighted by molar-refractivity contribution is -0.143. The first-order valence-electron chi connectivity index (χ1n) is 9.01. The molecule has 2 aliphatic rings. The molecule has 5 nitrogen and oxygen atoms in total. The molecule has 5 heteroatoms. The first-order chi connectivity index (χ1) is 12.4. The van der Waals surface area contributed by atoms with Gasteiger partial charge in [0, 0.05) is 29.3 Å². The molecule has 1 aromatic rings. The van der Waals surface area contributed by atoms with Gasteiger partial charge in [0.2, 0.25) is 0 Å². The fraction of sp³-hybridized carbons (Fsp3) is 0.429. The van der Waals surface area contributed by atoms with Crippen molar-refractivity contribution in [3.8, 4) is 5.75 Å². The van der Waals surface area contributed by atoms with Crippen LogP contribution in [-0.4, -0.2) is 25.0 Å². The van der Waals surface area contributed by atoms with Crippen LogP contribution in [0, 0.1) is 0 Å². The largest absolute Gasteiger partial charge is 0.497 e. The number of hydrogen-bond acceptors (Lipinski definition) is 5. The Morgan fingerprint density at radius 3 is 2.73 bits per heavy atom. The molecule has 0 amide bonds. The third-order valence-electron chi connectivity index (χ3n) is 4.77. The zero-order chi connectivity index (χ0) is 18.8. The number of Topliss-reactive ketones (excluding diaryl/α,β-unsaturated/α-hetero) is 1. The number of esters is 1. The molecule has 1 aromatic carbocycles. The zero-order valence-electron chi connectivity index (χ0n) is 15.7. The van der Waals surface area contributed by atoms with Crippen LogP contribution in [0.4, 0.5) is 0 Å². The lowest BCUT2D eigenvalue weighted by Crippen LogP contribution is -2.34. The Balaban J connectivity index is 2.15. The quantitative estimate of drug-likeness (QED) is 0.836. The number of allylic oxidation sites excluding steroid dienone is 3. The smallest absolute Gasteiger partial charge is 0.337 e. The van der Waals surface area contributed by atoms with Gasteiger partial charge in [-0.2, -0.15) is 0 Å². The SMILES string of the molecule is COc1cccc([C@@H]2C(C(=O)OC(C)C)=C(C)NC3=C2C(=O)CCC3)c1. The van der Waals surface area contributed by atoms with E-state index in [2.05, 4.69) is 5.32 Å². The number of benzene rings is 1. The van der Waals surface area contributed by atoms with E-state index in [1.165, 1.54) is 0 Å². The summed E-state index contributed by atoms with van der Waals surface area (Å²) < 4.78 is 10.8. The molecule has 0 bridgehead atoms. The van der Waals surface area contributed by atoms with Gasteiger partial charge in [-0.3, -0.25) is 4.79 Å². The fourth-order valence-corrected chi connectivity index (χ4v) is 3.69. The van der Waals surface area contributed by atoms with Gasteiger partial charge in [0.25, 0.3) is 0 Å². The van der Waals surface area contributed by atoms with Gasteiger partial charge in [-0.25, -0.2) is 4.79 Å². The molecule has 1 N–H and O–H groups in total. The maximum atomic E-state index is 12.9. The summed E-state index contributed by atoms with van der Waals surface area (Å²) in [5, 5.41) is 3.29. The Kier molecular flexibility index (Phi) is 5.16. The number of dihydropyridines is 1. The minimum Gasteiger partial charge on any atom is -0.497 e. The third kappa shape index (κ3) is 3.39. The maximum Gasteiger partial charge on any atom is 0.337 e. The van der Waals surface area contributed by atoms with E-state index in [4.69, 9.17) is 9.47 Å². The second-order valence-electron chi connectivity index (χ2n) is 7.00. The Labute approximate surface area is 154 Å². The molecule has 0 saturated carbocycles. The summed E-state index contributed by atoms with van der Waals surface area (Å²) in [5.74, 6) is -0.0299. The number of nitrogens with one attached hydrogen (secondary N) is 1. The van der Waals surface area contributed by atoms with Crippen molar-refractivity contribution in [1.82, 2.24) is 5.32 Å². The Morgan fingerprint density at radius 2 is 2.04 bits per heavy atom. The van der Waals surface area contributed by atoms with Crippen molar-refractivity contribution < 1.29 is 19.1 Å². The van der Waals surface area contributed by atoms with E-state index >= 15 is 0 Å². The van der Waals surface area contributed by atoms with Crippen molar-refractivity contribution in [2.24, 2.45) is 0 Å². The summed E-state index contributed by atoms with van der Waals surface area (Å²) in [6, 6.07) is 7.55. The van der Waals surface area contributed by atoms with Crippen LogP contribution in [0.5, 0.6) is 5.75 Å². The summed E-state index contributed by atoms with van der Waals surface area (Å²) >= 11 is 0. The molecule has 26 heavy (non-hydrogen) atoms. The van der Waals surface area contributed by atoms with Crippen LogP contribution in [0.3, 0.4) is 0 Å². The number of ether oxygens (including phenoxy) is 2. The van der Waals surface area contributed by atoms with Gasteiger partial charge < -0.3 is 14.8 Å². The van der Waals surface area contributed by atoms with Crippen molar-refractivity contribution >= 4 is 11.8 Å². The molecule has 0 fully saturated rings. The van der Waals surface area contributed by atoms with Crippen molar-refractivity contribution in [1.29, 1.82) is 0 Å². The third-order valence-corrected chi connectivity index (χ3v) is 4.77. The molecular formula is C21H25NO4. The number of ketones is 1. The van der Waals surface area contributed by atoms with E-state index in [1.54, 1.807) is 7.11 Å². The number of hydrogen-bond donors (Lipinski definition) is 1. The normalized spacial score (nSPS) is 20.0. The van der Waals surface area contributed by atoms with Gasteiger partial charge in [0.15, 0.2) is 5.78 Å². The molecule has 0 radical (unpaired) electrons. The standard InChI is InChI=1S/C21H25NO4/c1-12(2)26-21(24)18-13(3)22-16-9-6-10-17(23)20(16)19(18)14-7-5-8-15(11-14)25-4/h5,7-8,11-12,19,22H,6,9-10H2,1-4H3/t19-/m1/s1. The second-order valence-corrected chi connectivity index (χ2v) is 7.00. The van der Waals surface area contributed by atoms with Gasteiger partial charge in [0.1, 0.15) is 5.75 Å². The molecule has 138 valence electrons. The molecule has 0 saturated heterocycles. The Bertz CT molecular complexity index is 804. The minimum atomic E-state index is -0.430. The molecule has 1 atom stereocenters. The Hall–Kier alpha value is -2.56. The average molecular weight is 355 g/mol. The second kappa shape index (κ2) is 7.36. The number of methoxy groups -OCH3 is 1.